The fourth-order valence-electron chi connectivity index (χ4n) is 1.65. The number of rotatable bonds is 7. The van der Waals surface area contributed by atoms with Crippen molar-refractivity contribution in [2.24, 2.45) is 0 Å². The zero-order valence-corrected chi connectivity index (χ0v) is 14.7. The van der Waals surface area contributed by atoms with E-state index in [1.807, 2.05) is 31.2 Å². The lowest BCUT2D eigenvalue weighted by atomic mass is 10.2. The summed E-state index contributed by atoms with van der Waals surface area (Å²) in [6.07, 6.45) is -5.63. The summed E-state index contributed by atoms with van der Waals surface area (Å²) in [6.45, 7) is 0.539. The van der Waals surface area contributed by atoms with E-state index in [0.717, 1.165) is 11.3 Å². The first kappa shape index (κ1) is 19.3. The van der Waals surface area contributed by atoms with Crippen LogP contribution in [0, 0.1) is 6.92 Å². The van der Waals surface area contributed by atoms with E-state index in [1.165, 1.54) is 23.1 Å². The van der Waals surface area contributed by atoms with Crippen LogP contribution in [0.15, 0.2) is 28.6 Å². The number of amides is 1. The first-order valence-corrected chi connectivity index (χ1v) is 8.89. The number of anilines is 2. The van der Waals surface area contributed by atoms with Crippen LogP contribution < -0.4 is 10.6 Å². The lowest BCUT2D eigenvalue weighted by Crippen LogP contribution is -2.30. The Labute approximate surface area is 150 Å². The summed E-state index contributed by atoms with van der Waals surface area (Å²) < 4.78 is 40.3. The van der Waals surface area contributed by atoms with Crippen molar-refractivity contribution in [3.05, 3.63) is 29.8 Å². The van der Waals surface area contributed by atoms with Gasteiger partial charge in [-0.3, -0.25) is 0 Å². The number of carbonyl (C=O) groups excluding carboxylic acids is 1. The molecule has 0 saturated heterocycles. The first-order chi connectivity index (χ1) is 11.8. The first-order valence-electron chi connectivity index (χ1n) is 7.09. The SMILES string of the molecule is Cc1cccc(Nc2nnc(SCCNC(=O)OCC(F)(F)F)s2)c1. The Bertz CT molecular complexity index is 709. The fraction of sp³-hybridized carbons (Fsp3) is 0.357. The predicted octanol–water partition coefficient (Wildman–Crippen LogP) is 3.97. The molecule has 2 rings (SSSR count). The molecular formula is C14H15F3N4O2S2. The van der Waals surface area contributed by atoms with Crippen molar-refractivity contribution < 1.29 is 22.7 Å². The molecule has 2 aromatic rings. The van der Waals surface area contributed by atoms with Crippen LogP contribution in [0.3, 0.4) is 0 Å². The van der Waals surface area contributed by atoms with Gasteiger partial charge in [0.1, 0.15) is 0 Å². The summed E-state index contributed by atoms with van der Waals surface area (Å²) in [4.78, 5) is 11.1. The number of aryl methyl sites for hydroxylation is 1. The van der Waals surface area contributed by atoms with Crippen molar-refractivity contribution in [2.45, 2.75) is 17.4 Å². The van der Waals surface area contributed by atoms with Crippen molar-refractivity contribution in [1.29, 1.82) is 0 Å². The normalized spacial score (nSPS) is 11.2. The Balaban J connectivity index is 1.68. The number of ether oxygens (including phenoxy) is 1. The zero-order valence-electron chi connectivity index (χ0n) is 13.1. The van der Waals surface area contributed by atoms with Gasteiger partial charge in [-0.1, -0.05) is 35.2 Å². The van der Waals surface area contributed by atoms with E-state index in [2.05, 4.69) is 25.6 Å². The van der Waals surface area contributed by atoms with Crippen molar-refractivity contribution in [2.75, 3.05) is 24.2 Å². The average molecular weight is 392 g/mol. The number of hydrogen-bond acceptors (Lipinski definition) is 7. The smallest absolute Gasteiger partial charge is 0.422 e. The molecule has 0 aliphatic heterocycles. The molecule has 25 heavy (non-hydrogen) atoms. The Morgan fingerprint density at radius 1 is 1.36 bits per heavy atom. The second-order valence-electron chi connectivity index (χ2n) is 4.83. The molecule has 0 atom stereocenters. The Kier molecular flexibility index (Phi) is 6.88. The van der Waals surface area contributed by atoms with Crippen LogP contribution in [0.1, 0.15) is 5.56 Å². The number of alkyl carbamates (subject to hydrolysis) is 1. The highest BCUT2D eigenvalue weighted by Crippen LogP contribution is 2.27. The standard InChI is InChI=1S/C14H15F3N4O2S2/c1-9-3-2-4-10(7-9)19-11-20-21-13(25-11)24-6-5-18-12(22)23-8-14(15,16)17/h2-4,7H,5-6,8H2,1H3,(H,18,22)(H,19,20). The van der Waals surface area contributed by atoms with Crippen LogP contribution in [0.2, 0.25) is 0 Å². The molecule has 0 unspecified atom stereocenters. The molecule has 0 spiro atoms. The lowest BCUT2D eigenvalue weighted by molar-refractivity contribution is -0.160. The van der Waals surface area contributed by atoms with Crippen LogP contribution in [-0.2, 0) is 4.74 Å². The number of benzene rings is 1. The van der Waals surface area contributed by atoms with Crippen LogP contribution in [-0.4, -0.2) is 41.4 Å². The number of halogens is 3. The molecule has 1 aromatic carbocycles. The molecule has 0 aliphatic rings. The minimum absolute atomic E-state index is 0.154. The van der Waals surface area contributed by atoms with Crippen LogP contribution in [0.5, 0.6) is 0 Å². The fourth-order valence-corrected chi connectivity index (χ4v) is 3.35. The van der Waals surface area contributed by atoms with Gasteiger partial charge < -0.3 is 15.4 Å². The molecule has 0 fully saturated rings. The van der Waals surface area contributed by atoms with Gasteiger partial charge in [-0.25, -0.2) is 4.79 Å². The maximum Gasteiger partial charge on any atom is 0.422 e. The number of nitrogens with one attached hydrogen (secondary N) is 2. The monoisotopic (exact) mass is 392 g/mol. The van der Waals surface area contributed by atoms with E-state index in [-0.39, 0.29) is 6.54 Å². The van der Waals surface area contributed by atoms with Crippen LogP contribution in [0.4, 0.5) is 28.8 Å². The highest BCUT2D eigenvalue weighted by atomic mass is 32.2. The van der Waals surface area contributed by atoms with Gasteiger partial charge in [-0.15, -0.1) is 10.2 Å². The average Bonchev–Trinajstić information content (AvgIpc) is 2.96. The van der Waals surface area contributed by atoms with Gasteiger partial charge in [-0.05, 0) is 24.6 Å². The number of aromatic nitrogens is 2. The summed E-state index contributed by atoms with van der Waals surface area (Å²) in [5.41, 5.74) is 2.02. The molecule has 0 saturated carbocycles. The lowest BCUT2D eigenvalue weighted by Gasteiger charge is -2.08. The van der Waals surface area contributed by atoms with Crippen molar-refractivity contribution in [3.63, 3.8) is 0 Å². The van der Waals surface area contributed by atoms with Gasteiger partial charge in [0.05, 0.1) is 0 Å². The summed E-state index contributed by atoms with van der Waals surface area (Å²) in [5.74, 6) is 0.431. The second-order valence-corrected chi connectivity index (χ2v) is 7.15. The van der Waals surface area contributed by atoms with Gasteiger partial charge in [0.2, 0.25) is 5.13 Å². The number of nitrogens with zero attached hydrogens (tertiary/aromatic N) is 2. The third-order valence-electron chi connectivity index (χ3n) is 2.64. The Hall–Kier alpha value is -2.01. The van der Waals surface area contributed by atoms with Crippen LogP contribution >= 0.6 is 23.1 Å². The maximum atomic E-state index is 11.9. The molecule has 0 aliphatic carbocycles. The number of alkyl halides is 3. The quantitative estimate of drug-likeness (QED) is 0.549. The van der Waals surface area contributed by atoms with E-state index >= 15 is 0 Å². The minimum Gasteiger partial charge on any atom is -0.440 e. The summed E-state index contributed by atoms with van der Waals surface area (Å²) in [5, 5.41) is 14.0. The number of hydrogen-bond donors (Lipinski definition) is 2. The summed E-state index contributed by atoms with van der Waals surface area (Å²) >= 11 is 2.68. The molecule has 1 heterocycles. The topological polar surface area (TPSA) is 76.1 Å². The minimum atomic E-state index is -4.53. The van der Waals surface area contributed by atoms with Crippen LogP contribution in [0.25, 0.3) is 0 Å². The van der Waals surface area contributed by atoms with Crippen molar-refractivity contribution in [3.8, 4) is 0 Å². The largest absolute Gasteiger partial charge is 0.440 e. The molecule has 2 N–H and O–H groups in total. The molecule has 11 heteroatoms. The van der Waals surface area contributed by atoms with E-state index in [0.29, 0.717) is 15.2 Å². The van der Waals surface area contributed by atoms with Crippen molar-refractivity contribution >= 4 is 40.0 Å². The molecule has 1 aromatic heterocycles. The summed E-state index contributed by atoms with van der Waals surface area (Å²) in [6, 6.07) is 7.81. The molecule has 1 amide bonds. The van der Waals surface area contributed by atoms with Gasteiger partial charge in [0.25, 0.3) is 0 Å². The maximum absolute atomic E-state index is 11.9. The van der Waals surface area contributed by atoms with Gasteiger partial charge in [0, 0.05) is 18.0 Å². The molecular weight excluding hydrogens is 377 g/mol. The van der Waals surface area contributed by atoms with E-state index < -0.39 is 18.9 Å². The predicted molar refractivity (Wildman–Crippen MR) is 90.5 cm³/mol. The highest BCUT2D eigenvalue weighted by molar-refractivity contribution is 8.01. The number of thioether (sulfide) groups is 1. The second kappa shape index (κ2) is 8.90. The molecule has 0 radical (unpaired) electrons. The van der Waals surface area contributed by atoms with Gasteiger partial charge in [0.15, 0.2) is 10.9 Å². The highest BCUT2D eigenvalue weighted by Gasteiger charge is 2.29. The zero-order chi connectivity index (χ0) is 18.3. The summed E-state index contributed by atoms with van der Waals surface area (Å²) in [7, 11) is 0. The molecule has 136 valence electrons. The number of carbonyl (C=O) groups is 1. The molecule has 0 bridgehead atoms. The van der Waals surface area contributed by atoms with Gasteiger partial charge in [-0.2, -0.15) is 13.2 Å². The molecule has 6 nitrogen and oxygen atoms in total. The van der Waals surface area contributed by atoms with Gasteiger partial charge >= 0.3 is 12.3 Å². The third kappa shape index (κ3) is 7.61. The van der Waals surface area contributed by atoms with E-state index in [9.17, 15) is 18.0 Å². The Morgan fingerprint density at radius 2 is 2.16 bits per heavy atom. The van der Waals surface area contributed by atoms with E-state index in [4.69, 9.17) is 0 Å². The Morgan fingerprint density at radius 3 is 2.88 bits per heavy atom. The van der Waals surface area contributed by atoms with E-state index in [1.54, 1.807) is 0 Å². The van der Waals surface area contributed by atoms with Crippen molar-refractivity contribution in [1.82, 2.24) is 15.5 Å². The third-order valence-corrected chi connectivity index (χ3v) is 4.61.